The van der Waals surface area contributed by atoms with Crippen LogP contribution in [0.3, 0.4) is 0 Å². The highest BCUT2D eigenvalue weighted by Gasteiger charge is 2.28. The Kier molecular flexibility index (Phi) is 7.41. The molecular weight excluding hydrogens is 478 g/mol. The SMILES string of the molecule is O=C(CN(c1ccc([N+](=O)[O-])cc1)S(=O)(=O)c1ccccc1)NC(c1ccccc1)c1ccccc1. The average Bonchev–Trinajstić information content (AvgIpc) is 2.92. The molecule has 0 bridgehead atoms. The van der Waals surface area contributed by atoms with Gasteiger partial charge in [0.15, 0.2) is 0 Å². The maximum Gasteiger partial charge on any atom is 0.269 e. The van der Waals surface area contributed by atoms with Gasteiger partial charge in [0.2, 0.25) is 5.91 Å². The zero-order chi connectivity index (χ0) is 25.5. The van der Waals surface area contributed by atoms with Crippen LogP contribution in [0.2, 0.25) is 0 Å². The molecule has 0 radical (unpaired) electrons. The van der Waals surface area contributed by atoms with Crippen LogP contribution in [0.25, 0.3) is 0 Å². The average molecular weight is 502 g/mol. The lowest BCUT2D eigenvalue weighted by atomic mass is 9.99. The van der Waals surface area contributed by atoms with Crippen molar-refractivity contribution in [2.24, 2.45) is 0 Å². The van der Waals surface area contributed by atoms with Crippen LogP contribution in [0.4, 0.5) is 11.4 Å². The summed E-state index contributed by atoms with van der Waals surface area (Å²) >= 11 is 0. The molecule has 9 heteroatoms. The molecule has 0 spiro atoms. The van der Waals surface area contributed by atoms with Crippen molar-refractivity contribution in [1.82, 2.24) is 5.32 Å². The zero-order valence-electron chi connectivity index (χ0n) is 19.1. The standard InChI is InChI=1S/C27H23N3O5S/c31-26(28-27(21-10-4-1-5-11-21)22-12-6-2-7-13-22)20-29(23-16-18-24(19-17-23)30(32)33)36(34,35)25-14-8-3-9-15-25/h1-19,27H,20H2,(H,28,31). The van der Waals surface area contributed by atoms with Crippen molar-refractivity contribution in [3.05, 3.63) is 137 Å². The van der Waals surface area contributed by atoms with Gasteiger partial charge in [-0.15, -0.1) is 0 Å². The molecule has 0 aliphatic heterocycles. The molecule has 0 aliphatic carbocycles. The van der Waals surface area contributed by atoms with Gasteiger partial charge in [-0.05, 0) is 35.4 Å². The van der Waals surface area contributed by atoms with E-state index >= 15 is 0 Å². The highest BCUT2D eigenvalue weighted by atomic mass is 32.2. The summed E-state index contributed by atoms with van der Waals surface area (Å²) in [6, 6.07) is 31.0. The Balaban J connectivity index is 1.68. The summed E-state index contributed by atoms with van der Waals surface area (Å²) in [5.41, 5.74) is 1.62. The van der Waals surface area contributed by atoms with Gasteiger partial charge >= 0.3 is 0 Å². The normalized spacial score (nSPS) is 11.1. The lowest BCUT2D eigenvalue weighted by molar-refractivity contribution is -0.384. The summed E-state index contributed by atoms with van der Waals surface area (Å²) in [6.07, 6.45) is 0. The number of sulfonamides is 1. The first kappa shape index (κ1) is 24.6. The van der Waals surface area contributed by atoms with Crippen molar-refractivity contribution in [2.45, 2.75) is 10.9 Å². The quantitative estimate of drug-likeness (QED) is 0.264. The van der Waals surface area contributed by atoms with Crippen LogP contribution in [-0.4, -0.2) is 25.8 Å². The molecule has 182 valence electrons. The summed E-state index contributed by atoms with van der Waals surface area (Å²) in [4.78, 5) is 23.8. The van der Waals surface area contributed by atoms with Gasteiger partial charge in [-0.1, -0.05) is 78.9 Å². The number of nitro groups is 1. The number of anilines is 1. The van der Waals surface area contributed by atoms with Gasteiger partial charge in [0.05, 0.1) is 21.5 Å². The largest absolute Gasteiger partial charge is 0.344 e. The first-order chi connectivity index (χ1) is 17.4. The van der Waals surface area contributed by atoms with E-state index in [9.17, 15) is 23.3 Å². The lowest BCUT2D eigenvalue weighted by Gasteiger charge is -2.26. The summed E-state index contributed by atoms with van der Waals surface area (Å²) in [7, 11) is -4.14. The van der Waals surface area contributed by atoms with Crippen LogP contribution in [0.15, 0.2) is 120 Å². The Hall–Kier alpha value is -4.50. The van der Waals surface area contributed by atoms with Gasteiger partial charge in [0.25, 0.3) is 15.7 Å². The van der Waals surface area contributed by atoms with Crippen molar-refractivity contribution in [3.63, 3.8) is 0 Å². The molecule has 0 fully saturated rings. The van der Waals surface area contributed by atoms with E-state index in [2.05, 4.69) is 5.32 Å². The molecule has 0 atom stereocenters. The Morgan fingerprint density at radius 2 is 1.25 bits per heavy atom. The highest BCUT2D eigenvalue weighted by Crippen LogP contribution is 2.27. The van der Waals surface area contributed by atoms with Crippen LogP contribution < -0.4 is 9.62 Å². The van der Waals surface area contributed by atoms with E-state index < -0.39 is 33.4 Å². The fraction of sp³-hybridized carbons (Fsp3) is 0.0741. The molecule has 36 heavy (non-hydrogen) atoms. The summed E-state index contributed by atoms with van der Waals surface area (Å²) in [5.74, 6) is -0.537. The fourth-order valence-electron chi connectivity index (χ4n) is 3.76. The number of carbonyl (C=O) groups is 1. The van der Waals surface area contributed by atoms with Crippen molar-refractivity contribution >= 4 is 27.3 Å². The second-order valence-corrected chi connectivity index (χ2v) is 9.78. The Labute approximate surface area is 209 Å². The summed E-state index contributed by atoms with van der Waals surface area (Å²) in [5, 5.41) is 14.0. The van der Waals surface area contributed by atoms with E-state index in [1.165, 1.54) is 36.4 Å². The molecule has 0 aliphatic rings. The van der Waals surface area contributed by atoms with Crippen LogP contribution in [0.1, 0.15) is 17.2 Å². The smallest absolute Gasteiger partial charge is 0.269 e. The Bertz CT molecular complexity index is 1390. The third-order valence-corrected chi connectivity index (χ3v) is 7.33. The topological polar surface area (TPSA) is 110 Å². The second kappa shape index (κ2) is 10.8. The van der Waals surface area contributed by atoms with Gasteiger partial charge in [-0.2, -0.15) is 0 Å². The van der Waals surface area contributed by atoms with Crippen molar-refractivity contribution in [3.8, 4) is 0 Å². The Morgan fingerprint density at radius 1 is 0.778 bits per heavy atom. The molecule has 0 aromatic heterocycles. The predicted molar refractivity (Wildman–Crippen MR) is 137 cm³/mol. The number of hydrogen-bond donors (Lipinski definition) is 1. The van der Waals surface area contributed by atoms with E-state index in [-0.39, 0.29) is 16.3 Å². The van der Waals surface area contributed by atoms with Gasteiger partial charge in [0, 0.05) is 12.1 Å². The molecule has 0 unspecified atom stereocenters. The maximum absolute atomic E-state index is 13.5. The third kappa shape index (κ3) is 5.59. The van der Waals surface area contributed by atoms with Crippen molar-refractivity contribution in [2.75, 3.05) is 10.8 Å². The minimum Gasteiger partial charge on any atom is -0.344 e. The molecular formula is C27H23N3O5S. The molecule has 4 aromatic rings. The number of nitrogens with zero attached hydrogens (tertiary/aromatic N) is 2. The van der Waals surface area contributed by atoms with E-state index in [0.29, 0.717) is 0 Å². The molecule has 0 heterocycles. The van der Waals surface area contributed by atoms with Crippen molar-refractivity contribution in [1.29, 1.82) is 0 Å². The molecule has 1 amide bonds. The van der Waals surface area contributed by atoms with E-state index in [4.69, 9.17) is 0 Å². The number of non-ortho nitro benzene ring substituents is 1. The molecule has 8 nitrogen and oxygen atoms in total. The third-order valence-electron chi connectivity index (χ3n) is 5.54. The second-order valence-electron chi connectivity index (χ2n) is 7.92. The molecule has 1 N–H and O–H groups in total. The minimum atomic E-state index is -4.14. The summed E-state index contributed by atoms with van der Waals surface area (Å²) < 4.78 is 28.0. The monoisotopic (exact) mass is 501 g/mol. The first-order valence-electron chi connectivity index (χ1n) is 11.1. The van der Waals surface area contributed by atoms with Crippen LogP contribution in [0, 0.1) is 10.1 Å². The number of nitrogens with one attached hydrogen (secondary N) is 1. The van der Waals surface area contributed by atoms with Crippen LogP contribution >= 0.6 is 0 Å². The van der Waals surface area contributed by atoms with Crippen LogP contribution in [0.5, 0.6) is 0 Å². The number of hydrogen-bond acceptors (Lipinski definition) is 5. The van der Waals surface area contributed by atoms with Crippen LogP contribution in [-0.2, 0) is 14.8 Å². The Morgan fingerprint density at radius 3 is 1.72 bits per heavy atom. The number of nitro benzene ring substituents is 1. The molecule has 4 aromatic carbocycles. The number of carbonyl (C=O) groups excluding carboxylic acids is 1. The van der Waals surface area contributed by atoms with Gasteiger partial charge < -0.3 is 5.32 Å². The van der Waals surface area contributed by atoms with E-state index in [1.807, 2.05) is 60.7 Å². The van der Waals surface area contributed by atoms with E-state index in [1.54, 1.807) is 18.2 Å². The molecule has 0 saturated carbocycles. The number of benzene rings is 4. The number of rotatable bonds is 9. The lowest BCUT2D eigenvalue weighted by Crippen LogP contribution is -2.42. The predicted octanol–water partition coefficient (Wildman–Crippen LogP) is 4.70. The maximum atomic E-state index is 13.5. The minimum absolute atomic E-state index is 0.00109. The zero-order valence-corrected chi connectivity index (χ0v) is 19.9. The summed E-state index contributed by atoms with van der Waals surface area (Å²) in [6.45, 7) is -0.523. The molecule has 4 rings (SSSR count). The van der Waals surface area contributed by atoms with Gasteiger partial charge in [-0.3, -0.25) is 19.2 Å². The first-order valence-corrected chi connectivity index (χ1v) is 12.5. The van der Waals surface area contributed by atoms with Crippen molar-refractivity contribution < 1.29 is 18.1 Å². The highest BCUT2D eigenvalue weighted by molar-refractivity contribution is 7.92. The molecule has 0 saturated heterocycles. The van der Waals surface area contributed by atoms with Gasteiger partial charge in [0.1, 0.15) is 6.54 Å². The van der Waals surface area contributed by atoms with E-state index in [0.717, 1.165) is 15.4 Å². The van der Waals surface area contributed by atoms with Gasteiger partial charge in [-0.25, -0.2) is 8.42 Å². The fourth-order valence-corrected chi connectivity index (χ4v) is 5.20. The number of amides is 1.